The van der Waals surface area contributed by atoms with Gasteiger partial charge in [-0.1, -0.05) is 6.07 Å². The monoisotopic (exact) mass is 569 g/mol. The van der Waals surface area contributed by atoms with Crippen molar-refractivity contribution in [2.75, 3.05) is 32.2 Å². The molecule has 1 aliphatic rings. The minimum absolute atomic E-state index is 0. The molecular formula is C23H32IN5O4. The Hall–Kier alpha value is -2.76. The van der Waals surface area contributed by atoms with Gasteiger partial charge < -0.3 is 30.2 Å². The number of hydrogen-bond donors (Lipinski definition) is 3. The Balaban J connectivity index is 0.00000385. The number of ether oxygens (including phenoxy) is 3. The van der Waals surface area contributed by atoms with E-state index in [1.54, 1.807) is 13.2 Å². The van der Waals surface area contributed by atoms with Gasteiger partial charge in [0, 0.05) is 29.8 Å². The molecule has 0 saturated carbocycles. The van der Waals surface area contributed by atoms with Crippen LogP contribution in [0.15, 0.2) is 41.4 Å². The van der Waals surface area contributed by atoms with Crippen LogP contribution in [0.1, 0.15) is 32.9 Å². The van der Waals surface area contributed by atoms with Crippen molar-refractivity contribution in [3.8, 4) is 17.4 Å². The van der Waals surface area contributed by atoms with E-state index in [4.69, 9.17) is 14.2 Å². The van der Waals surface area contributed by atoms with Crippen LogP contribution in [-0.4, -0.2) is 49.3 Å². The smallest absolute Gasteiger partial charge is 0.239 e. The fourth-order valence-electron chi connectivity index (χ4n) is 2.96. The lowest BCUT2D eigenvalue weighted by Gasteiger charge is -2.21. The molecule has 0 fully saturated rings. The van der Waals surface area contributed by atoms with Gasteiger partial charge in [-0.05, 0) is 39.0 Å². The number of benzene rings is 1. The molecule has 2 heterocycles. The molecule has 1 aromatic heterocycles. The normalized spacial score (nSPS) is 13.3. The average molecular weight is 569 g/mol. The highest BCUT2D eigenvalue weighted by atomic mass is 127. The SMILES string of the molecule is COc1cccc(CN=C(NCC(=O)NC(C)(C)C)Nc2ccc3c(c2)OCCCO3)n1.I. The summed E-state index contributed by atoms with van der Waals surface area (Å²) in [7, 11) is 1.57. The van der Waals surface area contributed by atoms with Crippen LogP contribution in [0.2, 0.25) is 0 Å². The number of halogens is 1. The third-order valence-electron chi connectivity index (χ3n) is 4.33. The van der Waals surface area contributed by atoms with Gasteiger partial charge >= 0.3 is 0 Å². The first-order chi connectivity index (χ1) is 15.3. The second kappa shape index (κ2) is 12.5. The number of nitrogens with one attached hydrogen (secondary N) is 3. The van der Waals surface area contributed by atoms with Crippen LogP contribution in [0.5, 0.6) is 17.4 Å². The number of nitrogens with zero attached hydrogens (tertiary/aromatic N) is 2. The number of pyridine rings is 1. The first-order valence-electron chi connectivity index (χ1n) is 10.6. The largest absolute Gasteiger partial charge is 0.490 e. The third-order valence-corrected chi connectivity index (χ3v) is 4.33. The lowest BCUT2D eigenvalue weighted by atomic mass is 10.1. The molecule has 10 heteroatoms. The molecule has 9 nitrogen and oxygen atoms in total. The van der Waals surface area contributed by atoms with E-state index in [1.807, 2.05) is 51.1 Å². The molecule has 0 aliphatic carbocycles. The van der Waals surface area contributed by atoms with Crippen LogP contribution in [0.25, 0.3) is 0 Å². The van der Waals surface area contributed by atoms with Crippen molar-refractivity contribution in [3.05, 3.63) is 42.1 Å². The van der Waals surface area contributed by atoms with Gasteiger partial charge in [0.1, 0.15) is 0 Å². The molecule has 1 amide bonds. The summed E-state index contributed by atoms with van der Waals surface area (Å²) in [4.78, 5) is 21.3. The van der Waals surface area contributed by atoms with Crippen molar-refractivity contribution in [1.29, 1.82) is 0 Å². The Labute approximate surface area is 211 Å². The van der Waals surface area contributed by atoms with Gasteiger partial charge in [-0.3, -0.25) is 4.79 Å². The number of hydrogen-bond acceptors (Lipinski definition) is 6. The predicted molar refractivity (Wildman–Crippen MR) is 139 cm³/mol. The van der Waals surface area contributed by atoms with Crippen LogP contribution in [0.4, 0.5) is 5.69 Å². The van der Waals surface area contributed by atoms with Crippen molar-refractivity contribution in [3.63, 3.8) is 0 Å². The number of anilines is 1. The Morgan fingerprint density at radius 1 is 1.15 bits per heavy atom. The van der Waals surface area contributed by atoms with Crippen molar-refractivity contribution >= 4 is 41.5 Å². The highest BCUT2D eigenvalue weighted by molar-refractivity contribution is 14.0. The average Bonchev–Trinajstić information content (AvgIpc) is 2.99. The van der Waals surface area contributed by atoms with Crippen LogP contribution in [-0.2, 0) is 11.3 Å². The number of guanidine groups is 1. The van der Waals surface area contributed by atoms with Gasteiger partial charge in [0.05, 0.1) is 39.1 Å². The Morgan fingerprint density at radius 2 is 1.91 bits per heavy atom. The molecule has 1 aliphatic heterocycles. The van der Waals surface area contributed by atoms with Crippen molar-refractivity contribution in [1.82, 2.24) is 15.6 Å². The maximum absolute atomic E-state index is 12.3. The number of aliphatic imine (C=N–C) groups is 1. The molecule has 1 aromatic carbocycles. The molecule has 0 atom stereocenters. The first-order valence-corrected chi connectivity index (χ1v) is 10.6. The minimum Gasteiger partial charge on any atom is -0.490 e. The van der Waals surface area contributed by atoms with E-state index in [0.29, 0.717) is 43.1 Å². The summed E-state index contributed by atoms with van der Waals surface area (Å²) in [5.74, 6) is 2.21. The van der Waals surface area contributed by atoms with Crippen molar-refractivity contribution < 1.29 is 19.0 Å². The number of rotatable bonds is 6. The quantitative estimate of drug-likeness (QED) is 0.279. The molecule has 3 rings (SSSR count). The molecular weight excluding hydrogens is 537 g/mol. The van der Waals surface area contributed by atoms with Crippen LogP contribution < -0.4 is 30.2 Å². The number of carbonyl (C=O) groups excluding carboxylic acids is 1. The van der Waals surface area contributed by atoms with Gasteiger partial charge in [0.25, 0.3) is 0 Å². The molecule has 0 spiro atoms. The summed E-state index contributed by atoms with van der Waals surface area (Å²) in [6.45, 7) is 7.41. The molecule has 2 aromatic rings. The molecule has 0 unspecified atom stereocenters. The molecule has 3 N–H and O–H groups in total. The highest BCUT2D eigenvalue weighted by Crippen LogP contribution is 2.32. The van der Waals surface area contributed by atoms with E-state index in [0.717, 1.165) is 17.8 Å². The van der Waals surface area contributed by atoms with E-state index < -0.39 is 0 Å². The van der Waals surface area contributed by atoms with Crippen LogP contribution in [0.3, 0.4) is 0 Å². The van der Waals surface area contributed by atoms with Gasteiger partial charge in [-0.2, -0.15) is 0 Å². The summed E-state index contributed by atoms with van der Waals surface area (Å²) in [6.07, 6.45) is 0.835. The van der Waals surface area contributed by atoms with Gasteiger partial charge in [0.15, 0.2) is 17.5 Å². The standard InChI is InChI=1S/C23H31N5O4.HI/c1-23(2,3)28-20(29)15-25-22(24-14-17-7-5-8-21(26-17)30-4)27-16-9-10-18-19(13-16)32-12-6-11-31-18;/h5,7-10,13H,6,11-12,14-15H2,1-4H3,(H,28,29)(H2,24,25,27);1H. The minimum atomic E-state index is -0.317. The summed E-state index contributed by atoms with van der Waals surface area (Å²) < 4.78 is 16.6. The zero-order chi connectivity index (χ0) is 23.0. The number of fused-ring (bicyclic) bond motifs is 1. The van der Waals surface area contributed by atoms with E-state index >= 15 is 0 Å². The Morgan fingerprint density at radius 3 is 2.64 bits per heavy atom. The zero-order valence-electron chi connectivity index (χ0n) is 19.4. The Kier molecular flexibility index (Phi) is 10.0. The molecule has 0 saturated heterocycles. The Bertz CT molecular complexity index is 962. The maximum Gasteiger partial charge on any atom is 0.239 e. The molecule has 180 valence electrons. The fourth-order valence-corrected chi connectivity index (χ4v) is 2.96. The number of carbonyl (C=O) groups is 1. The lowest BCUT2D eigenvalue weighted by molar-refractivity contribution is -0.121. The second-order valence-corrected chi connectivity index (χ2v) is 8.32. The molecule has 0 bridgehead atoms. The van der Waals surface area contributed by atoms with E-state index in [-0.39, 0.29) is 42.0 Å². The number of aromatic nitrogens is 1. The summed E-state index contributed by atoms with van der Waals surface area (Å²) in [5, 5.41) is 9.23. The van der Waals surface area contributed by atoms with Crippen molar-refractivity contribution in [2.45, 2.75) is 39.3 Å². The first kappa shape index (κ1) is 26.5. The van der Waals surface area contributed by atoms with Gasteiger partial charge in [-0.25, -0.2) is 9.98 Å². The fraction of sp³-hybridized carbons (Fsp3) is 0.435. The number of methoxy groups -OCH3 is 1. The van der Waals surface area contributed by atoms with E-state index in [1.165, 1.54) is 0 Å². The predicted octanol–water partition coefficient (Wildman–Crippen LogP) is 3.34. The highest BCUT2D eigenvalue weighted by Gasteiger charge is 2.15. The third kappa shape index (κ3) is 8.95. The lowest BCUT2D eigenvalue weighted by Crippen LogP contribution is -2.46. The topological polar surface area (TPSA) is 106 Å². The molecule has 0 radical (unpaired) electrons. The van der Waals surface area contributed by atoms with E-state index in [2.05, 4.69) is 25.9 Å². The summed E-state index contributed by atoms with van der Waals surface area (Å²) in [6, 6.07) is 11.1. The van der Waals surface area contributed by atoms with E-state index in [9.17, 15) is 4.79 Å². The van der Waals surface area contributed by atoms with Crippen molar-refractivity contribution in [2.24, 2.45) is 4.99 Å². The van der Waals surface area contributed by atoms with Crippen LogP contribution >= 0.6 is 24.0 Å². The van der Waals surface area contributed by atoms with Crippen LogP contribution in [0, 0.1) is 0 Å². The second-order valence-electron chi connectivity index (χ2n) is 8.32. The summed E-state index contributed by atoms with van der Waals surface area (Å²) in [5.41, 5.74) is 1.18. The maximum atomic E-state index is 12.3. The summed E-state index contributed by atoms with van der Waals surface area (Å²) >= 11 is 0. The molecule has 33 heavy (non-hydrogen) atoms. The van der Waals surface area contributed by atoms with Gasteiger partial charge in [0.2, 0.25) is 11.8 Å². The zero-order valence-corrected chi connectivity index (χ0v) is 21.8. The van der Waals surface area contributed by atoms with Gasteiger partial charge in [-0.15, -0.1) is 24.0 Å². The number of amides is 1.